The van der Waals surface area contributed by atoms with Gasteiger partial charge in [0, 0.05) is 88.0 Å². The maximum absolute atomic E-state index is 13.1. The van der Waals surface area contributed by atoms with E-state index in [1.54, 1.807) is 42.7 Å². The van der Waals surface area contributed by atoms with Crippen LogP contribution < -0.4 is 20.9 Å². The molecule has 11 nitrogen and oxygen atoms in total. The molecule has 37 heavy (non-hydrogen) atoms. The standard InChI is InChI=1S/C26H31N9O2/c1-18(36)34-10-3-19(4-11-34)26(37)31-21-15-22(32-23(16-21)33-24-17-28-6-7-29-24)20-2-5-30-25(14-20)35-12-8-27-9-13-35/h2,5-7,14-17,19,27H,3-4,8-13H2,1H3,(H2,29,31,32,33,37). The van der Waals surface area contributed by atoms with Gasteiger partial charge < -0.3 is 25.8 Å². The average molecular weight is 502 g/mol. The third-order valence-corrected chi connectivity index (χ3v) is 6.71. The minimum atomic E-state index is -0.149. The molecule has 2 amide bonds. The molecule has 0 saturated carbocycles. The molecule has 3 aromatic heterocycles. The number of pyridine rings is 2. The number of carbonyl (C=O) groups excluding carboxylic acids is 2. The van der Waals surface area contributed by atoms with Gasteiger partial charge in [0.25, 0.3) is 0 Å². The Morgan fingerprint density at radius 2 is 1.78 bits per heavy atom. The molecular formula is C26H31N9O2. The Kier molecular flexibility index (Phi) is 7.50. The summed E-state index contributed by atoms with van der Waals surface area (Å²) in [5, 5.41) is 9.63. The van der Waals surface area contributed by atoms with Gasteiger partial charge in [-0.1, -0.05) is 0 Å². The van der Waals surface area contributed by atoms with Crippen LogP contribution in [0.15, 0.2) is 49.1 Å². The van der Waals surface area contributed by atoms with E-state index in [0.29, 0.717) is 48.9 Å². The van der Waals surface area contributed by atoms with Gasteiger partial charge in [-0.2, -0.15) is 0 Å². The molecule has 192 valence electrons. The van der Waals surface area contributed by atoms with Crippen molar-refractivity contribution in [3.8, 4) is 11.3 Å². The summed E-state index contributed by atoms with van der Waals surface area (Å²) in [5.41, 5.74) is 2.24. The molecule has 11 heteroatoms. The molecule has 5 rings (SSSR count). The highest BCUT2D eigenvalue weighted by atomic mass is 16.2. The van der Waals surface area contributed by atoms with Crippen molar-refractivity contribution >= 4 is 35.0 Å². The van der Waals surface area contributed by atoms with Crippen LogP contribution in [0.1, 0.15) is 19.8 Å². The normalized spacial score (nSPS) is 16.4. The van der Waals surface area contributed by atoms with Crippen molar-refractivity contribution in [3.05, 3.63) is 49.1 Å². The van der Waals surface area contributed by atoms with Crippen molar-refractivity contribution < 1.29 is 9.59 Å². The van der Waals surface area contributed by atoms with Crippen molar-refractivity contribution in [2.45, 2.75) is 19.8 Å². The van der Waals surface area contributed by atoms with Crippen LogP contribution in [0.25, 0.3) is 11.3 Å². The Labute approximate surface area is 215 Å². The smallest absolute Gasteiger partial charge is 0.227 e. The van der Waals surface area contributed by atoms with E-state index in [1.165, 1.54) is 0 Å². The summed E-state index contributed by atoms with van der Waals surface area (Å²) in [6, 6.07) is 7.62. The molecule has 3 N–H and O–H groups in total. The summed E-state index contributed by atoms with van der Waals surface area (Å²) >= 11 is 0. The fourth-order valence-electron chi connectivity index (χ4n) is 4.66. The predicted molar refractivity (Wildman–Crippen MR) is 141 cm³/mol. The lowest BCUT2D eigenvalue weighted by atomic mass is 9.96. The van der Waals surface area contributed by atoms with E-state index in [-0.39, 0.29) is 17.7 Å². The van der Waals surface area contributed by atoms with Gasteiger partial charge in [-0.05, 0) is 31.0 Å². The summed E-state index contributed by atoms with van der Waals surface area (Å²) in [4.78, 5) is 46.6. The van der Waals surface area contributed by atoms with Crippen molar-refractivity contribution in [2.24, 2.45) is 5.92 Å². The number of anilines is 4. The van der Waals surface area contributed by atoms with Crippen molar-refractivity contribution in [1.29, 1.82) is 0 Å². The molecule has 0 aliphatic carbocycles. The van der Waals surface area contributed by atoms with E-state index in [9.17, 15) is 9.59 Å². The molecule has 0 spiro atoms. The zero-order chi connectivity index (χ0) is 25.6. The van der Waals surface area contributed by atoms with Crippen LogP contribution in [0.4, 0.5) is 23.1 Å². The lowest BCUT2D eigenvalue weighted by Crippen LogP contribution is -2.43. The minimum absolute atomic E-state index is 0.0508. The molecule has 5 heterocycles. The third-order valence-electron chi connectivity index (χ3n) is 6.71. The Morgan fingerprint density at radius 3 is 2.51 bits per heavy atom. The first-order valence-corrected chi connectivity index (χ1v) is 12.6. The number of hydrogen-bond acceptors (Lipinski definition) is 9. The first-order chi connectivity index (χ1) is 18.0. The molecule has 2 aliphatic rings. The zero-order valence-electron chi connectivity index (χ0n) is 20.9. The van der Waals surface area contributed by atoms with Gasteiger partial charge in [0.1, 0.15) is 17.5 Å². The van der Waals surface area contributed by atoms with Crippen LogP contribution in [0.5, 0.6) is 0 Å². The van der Waals surface area contributed by atoms with Crippen LogP contribution >= 0.6 is 0 Å². The number of likely N-dealkylation sites (tertiary alicyclic amines) is 1. The predicted octanol–water partition coefficient (Wildman–Crippen LogP) is 2.28. The number of nitrogens with zero attached hydrogens (tertiary/aromatic N) is 6. The maximum Gasteiger partial charge on any atom is 0.227 e. The molecule has 0 aromatic carbocycles. The SMILES string of the molecule is CC(=O)N1CCC(C(=O)Nc2cc(Nc3cnccn3)nc(-c3ccnc(N4CCNCC4)c3)c2)CC1. The lowest BCUT2D eigenvalue weighted by Gasteiger charge is -2.30. The molecule has 0 bridgehead atoms. The number of hydrogen-bond donors (Lipinski definition) is 3. The minimum Gasteiger partial charge on any atom is -0.354 e. The number of carbonyl (C=O) groups is 2. The Morgan fingerprint density at radius 1 is 0.973 bits per heavy atom. The molecular weight excluding hydrogens is 470 g/mol. The average Bonchev–Trinajstić information content (AvgIpc) is 2.94. The van der Waals surface area contributed by atoms with Crippen molar-refractivity contribution in [3.63, 3.8) is 0 Å². The largest absolute Gasteiger partial charge is 0.354 e. The molecule has 0 radical (unpaired) electrons. The van der Waals surface area contributed by atoms with Gasteiger partial charge in [0.2, 0.25) is 11.8 Å². The number of rotatable bonds is 6. The molecule has 2 saturated heterocycles. The molecule has 0 atom stereocenters. The topological polar surface area (TPSA) is 128 Å². The van der Waals surface area contributed by atoms with Crippen molar-refractivity contribution in [2.75, 3.05) is 54.8 Å². The second kappa shape index (κ2) is 11.3. The second-order valence-corrected chi connectivity index (χ2v) is 9.25. The van der Waals surface area contributed by atoms with Crippen molar-refractivity contribution in [1.82, 2.24) is 30.2 Å². The van der Waals surface area contributed by atoms with Gasteiger partial charge >= 0.3 is 0 Å². The van der Waals surface area contributed by atoms with Gasteiger partial charge in [-0.3, -0.25) is 14.6 Å². The second-order valence-electron chi connectivity index (χ2n) is 9.25. The first kappa shape index (κ1) is 24.6. The zero-order valence-corrected chi connectivity index (χ0v) is 20.9. The van der Waals surface area contributed by atoms with E-state index in [2.05, 4.69) is 35.8 Å². The number of aromatic nitrogens is 4. The Balaban J connectivity index is 1.40. The van der Waals surface area contributed by atoms with Gasteiger partial charge in [-0.15, -0.1) is 0 Å². The lowest BCUT2D eigenvalue weighted by molar-refractivity contribution is -0.132. The van der Waals surface area contributed by atoms with Crippen LogP contribution in [0, 0.1) is 5.92 Å². The van der Waals surface area contributed by atoms with Crippen LogP contribution in [0.2, 0.25) is 0 Å². The molecule has 0 unspecified atom stereocenters. The number of piperazine rings is 1. The van der Waals surface area contributed by atoms with Gasteiger partial charge in [0.15, 0.2) is 0 Å². The number of amides is 2. The maximum atomic E-state index is 13.1. The fourth-order valence-corrected chi connectivity index (χ4v) is 4.66. The highest BCUT2D eigenvalue weighted by Crippen LogP contribution is 2.28. The molecule has 2 aliphatic heterocycles. The summed E-state index contributed by atoms with van der Waals surface area (Å²) in [7, 11) is 0. The summed E-state index contributed by atoms with van der Waals surface area (Å²) < 4.78 is 0. The summed E-state index contributed by atoms with van der Waals surface area (Å²) in [5.74, 6) is 1.84. The van der Waals surface area contributed by atoms with E-state index in [1.807, 2.05) is 18.2 Å². The first-order valence-electron chi connectivity index (χ1n) is 12.6. The number of nitrogens with one attached hydrogen (secondary N) is 3. The quantitative estimate of drug-likeness (QED) is 0.466. The van der Waals surface area contributed by atoms with Crippen LogP contribution in [0.3, 0.4) is 0 Å². The van der Waals surface area contributed by atoms with Crippen LogP contribution in [-0.2, 0) is 9.59 Å². The number of piperidine rings is 1. The van der Waals surface area contributed by atoms with E-state index < -0.39 is 0 Å². The van der Waals surface area contributed by atoms with Gasteiger partial charge in [0.05, 0.1) is 11.9 Å². The third kappa shape index (κ3) is 6.18. The van der Waals surface area contributed by atoms with E-state index >= 15 is 0 Å². The molecule has 3 aromatic rings. The van der Waals surface area contributed by atoms with E-state index in [4.69, 9.17) is 4.98 Å². The van der Waals surface area contributed by atoms with Gasteiger partial charge in [-0.25, -0.2) is 15.0 Å². The van der Waals surface area contributed by atoms with Crippen LogP contribution in [-0.4, -0.2) is 75.9 Å². The Hall–Kier alpha value is -4.12. The fraction of sp³-hybridized carbons (Fsp3) is 0.385. The monoisotopic (exact) mass is 501 g/mol. The highest BCUT2D eigenvalue weighted by molar-refractivity contribution is 5.94. The molecule has 2 fully saturated rings. The summed E-state index contributed by atoms with van der Waals surface area (Å²) in [6.07, 6.45) is 7.90. The highest BCUT2D eigenvalue weighted by Gasteiger charge is 2.26. The summed E-state index contributed by atoms with van der Waals surface area (Å²) in [6.45, 7) is 6.38. The Bertz CT molecular complexity index is 1240. The van der Waals surface area contributed by atoms with E-state index in [0.717, 1.165) is 37.6 Å².